The molecule has 5 nitrogen and oxygen atoms in total. The van der Waals surface area contributed by atoms with Gasteiger partial charge in [-0.2, -0.15) is 13.2 Å². The smallest absolute Gasteiger partial charge is 0.353 e. The van der Waals surface area contributed by atoms with Crippen molar-refractivity contribution in [1.82, 2.24) is 10.3 Å². The van der Waals surface area contributed by atoms with Crippen molar-refractivity contribution in [2.45, 2.75) is 43.9 Å². The van der Waals surface area contributed by atoms with Gasteiger partial charge in [-0.25, -0.2) is 13.4 Å². The third-order valence-corrected chi connectivity index (χ3v) is 4.58. The molecule has 124 valence electrons. The van der Waals surface area contributed by atoms with Gasteiger partial charge < -0.3 is 5.32 Å². The fourth-order valence-corrected chi connectivity index (χ4v) is 2.81. The Kier molecular flexibility index (Phi) is 5.92. The SMILES string of the molecule is CCC(CC)NC(=O)CS(=O)(=O)c1ccc(C(F)(F)F)cn1. The molecule has 0 saturated heterocycles. The number of nitrogens with zero attached hydrogens (tertiary/aromatic N) is 1. The standard InChI is InChI=1S/C13H17F3N2O3S/c1-3-10(4-2)18-11(19)8-22(20,21)12-6-5-9(7-17-12)13(14,15)16/h5-7,10H,3-4,8H2,1-2H3,(H,18,19). The molecule has 0 fully saturated rings. The van der Waals surface area contributed by atoms with E-state index in [9.17, 15) is 26.4 Å². The van der Waals surface area contributed by atoms with Crippen LogP contribution in [0.15, 0.2) is 23.4 Å². The van der Waals surface area contributed by atoms with E-state index in [0.717, 1.165) is 6.07 Å². The number of rotatable bonds is 6. The molecule has 0 bridgehead atoms. The van der Waals surface area contributed by atoms with Crippen LogP contribution in [0.4, 0.5) is 13.2 Å². The molecule has 1 N–H and O–H groups in total. The van der Waals surface area contributed by atoms with Crippen LogP contribution in [0, 0.1) is 0 Å². The summed E-state index contributed by atoms with van der Waals surface area (Å²) in [6, 6.07) is 1.24. The number of amides is 1. The number of alkyl halides is 3. The minimum Gasteiger partial charge on any atom is -0.353 e. The first-order valence-electron chi connectivity index (χ1n) is 6.65. The number of carbonyl (C=O) groups excluding carboxylic acids is 1. The first-order chi connectivity index (χ1) is 10.1. The van der Waals surface area contributed by atoms with Crippen LogP contribution in [0.2, 0.25) is 0 Å². The van der Waals surface area contributed by atoms with Crippen LogP contribution in [-0.4, -0.2) is 31.1 Å². The van der Waals surface area contributed by atoms with Crippen molar-refractivity contribution in [1.29, 1.82) is 0 Å². The third-order valence-electron chi connectivity index (χ3n) is 3.05. The van der Waals surface area contributed by atoms with E-state index in [1.165, 1.54) is 0 Å². The Morgan fingerprint density at radius 2 is 1.86 bits per heavy atom. The first-order valence-corrected chi connectivity index (χ1v) is 8.30. The topological polar surface area (TPSA) is 76.1 Å². The molecular formula is C13H17F3N2O3S. The van der Waals surface area contributed by atoms with Crippen LogP contribution in [0.1, 0.15) is 32.3 Å². The molecule has 0 spiro atoms. The molecule has 0 aliphatic rings. The maximum Gasteiger partial charge on any atom is 0.417 e. The molecule has 1 aromatic heterocycles. The zero-order chi connectivity index (χ0) is 17.0. The molecule has 1 heterocycles. The molecule has 0 unspecified atom stereocenters. The average Bonchev–Trinajstić information content (AvgIpc) is 2.43. The lowest BCUT2D eigenvalue weighted by molar-refractivity contribution is -0.137. The van der Waals surface area contributed by atoms with Gasteiger partial charge in [-0.15, -0.1) is 0 Å². The molecule has 1 rings (SSSR count). The lowest BCUT2D eigenvalue weighted by Gasteiger charge is -2.14. The Labute approximate surface area is 126 Å². The summed E-state index contributed by atoms with van der Waals surface area (Å²) in [5.41, 5.74) is -1.05. The van der Waals surface area contributed by atoms with Crippen LogP contribution < -0.4 is 5.32 Å². The number of aromatic nitrogens is 1. The normalized spacial score (nSPS) is 12.5. The molecule has 1 amide bonds. The highest BCUT2D eigenvalue weighted by molar-refractivity contribution is 7.92. The average molecular weight is 338 g/mol. The van der Waals surface area contributed by atoms with Crippen molar-refractivity contribution in [3.63, 3.8) is 0 Å². The number of pyridine rings is 1. The summed E-state index contributed by atoms with van der Waals surface area (Å²) in [6.45, 7) is 3.70. The number of hydrogen-bond acceptors (Lipinski definition) is 4. The summed E-state index contributed by atoms with van der Waals surface area (Å²) >= 11 is 0. The van der Waals surface area contributed by atoms with Gasteiger partial charge in [0.05, 0.1) is 5.56 Å². The highest BCUT2D eigenvalue weighted by Crippen LogP contribution is 2.28. The fourth-order valence-electron chi connectivity index (χ4n) is 1.74. The van der Waals surface area contributed by atoms with Gasteiger partial charge in [0.2, 0.25) is 15.7 Å². The van der Waals surface area contributed by atoms with Crippen LogP contribution in [0.5, 0.6) is 0 Å². The van der Waals surface area contributed by atoms with Crippen LogP contribution in [0.3, 0.4) is 0 Å². The monoisotopic (exact) mass is 338 g/mol. The lowest BCUT2D eigenvalue weighted by Crippen LogP contribution is -2.37. The Balaban J connectivity index is 2.84. The van der Waals surface area contributed by atoms with E-state index >= 15 is 0 Å². The number of carbonyl (C=O) groups is 1. The third kappa shape index (κ3) is 4.97. The summed E-state index contributed by atoms with van der Waals surface area (Å²) in [5, 5.41) is 2.00. The molecule has 9 heteroatoms. The van der Waals surface area contributed by atoms with Gasteiger partial charge in [0.15, 0.2) is 5.03 Å². The van der Waals surface area contributed by atoms with Crippen molar-refractivity contribution in [2.75, 3.05) is 5.75 Å². The van der Waals surface area contributed by atoms with E-state index in [1.54, 1.807) is 0 Å². The minimum atomic E-state index is -4.60. The van der Waals surface area contributed by atoms with Crippen LogP contribution >= 0.6 is 0 Å². The van der Waals surface area contributed by atoms with Crippen molar-refractivity contribution >= 4 is 15.7 Å². The Hall–Kier alpha value is -1.64. The van der Waals surface area contributed by atoms with Gasteiger partial charge >= 0.3 is 6.18 Å². The van der Waals surface area contributed by atoms with Crippen molar-refractivity contribution in [3.8, 4) is 0 Å². The van der Waals surface area contributed by atoms with E-state index in [4.69, 9.17) is 0 Å². The Bertz CT molecular complexity index is 608. The summed E-state index contributed by atoms with van der Waals surface area (Å²) in [6.07, 6.45) is -2.85. The number of nitrogens with one attached hydrogen (secondary N) is 1. The molecule has 22 heavy (non-hydrogen) atoms. The minimum absolute atomic E-state index is 0.136. The van der Waals surface area contributed by atoms with Gasteiger partial charge in [0.1, 0.15) is 5.75 Å². The maximum absolute atomic E-state index is 12.4. The predicted molar refractivity (Wildman–Crippen MR) is 73.8 cm³/mol. The van der Waals surface area contributed by atoms with Gasteiger partial charge in [-0.05, 0) is 25.0 Å². The lowest BCUT2D eigenvalue weighted by atomic mass is 10.2. The number of hydrogen-bond donors (Lipinski definition) is 1. The highest BCUT2D eigenvalue weighted by atomic mass is 32.2. The molecule has 0 aliphatic carbocycles. The molecule has 0 saturated carbocycles. The highest BCUT2D eigenvalue weighted by Gasteiger charge is 2.31. The first kappa shape index (κ1) is 18.4. The van der Waals surface area contributed by atoms with E-state index in [0.29, 0.717) is 25.1 Å². The van der Waals surface area contributed by atoms with Gasteiger partial charge in [0.25, 0.3) is 0 Å². The summed E-state index contributed by atoms with van der Waals surface area (Å²) in [7, 11) is -4.07. The molecule has 0 radical (unpaired) electrons. The second-order valence-electron chi connectivity index (χ2n) is 4.72. The van der Waals surface area contributed by atoms with E-state index in [1.807, 2.05) is 13.8 Å². The second kappa shape index (κ2) is 7.08. The molecular weight excluding hydrogens is 321 g/mol. The van der Waals surface area contributed by atoms with E-state index < -0.39 is 38.3 Å². The van der Waals surface area contributed by atoms with Gasteiger partial charge in [-0.3, -0.25) is 4.79 Å². The summed E-state index contributed by atoms with van der Waals surface area (Å²) < 4.78 is 61.1. The zero-order valence-corrected chi connectivity index (χ0v) is 13.0. The summed E-state index contributed by atoms with van der Waals surface area (Å²) in [4.78, 5) is 15.0. The zero-order valence-electron chi connectivity index (χ0n) is 12.1. The van der Waals surface area contributed by atoms with Gasteiger partial charge in [0, 0.05) is 12.2 Å². The molecule has 0 aromatic carbocycles. The number of sulfone groups is 1. The number of halogens is 3. The van der Waals surface area contributed by atoms with Crippen LogP contribution in [0.25, 0.3) is 0 Å². The Morgan fingerprint density at radius 1 is 1.27 bits per heavy atom. The van der Waals surface area contributed by atoms with Crippen molar-refractivity contribution in [2.24, 2.45) is 0 Å². The van der Waals surface area contributed by atoms with Gasteiger partial charge in [-0.1, -0.05) is 13.8 Å². The van der Waals surface area contributed by atoms with E-state index in [-0.39, 0.29) is 6.04 Å². The molecule has 1 aromatic rings. The Morgan fingerprint density at radius 3 is 2.27 bits per heavy atom. The summed E-state index contributed by atoms with van der Waals surface area (Å²) in [5.74, 6) is -1.54. The maximum atomic E-state index is 12.4. The quantitative estimate of drug-likeness (QED) is 0.862. The molecule has 0 atom stereocenters. The predicted octanol–water partition coefficient (Wildman–Crippen LogP) is 2.18. The van der Waals surface area contributed by atoms with Crippen molar-refractivity contribution < 1.29 is 26.4 Å². The van der Waals surface area contributed by atoms with Crippen LogP contribution in [-0.2, 0) is 20.8 Å². The van der Waals surface area contributed by atoms with E-state index in [2.05, 4.69) is 10.3 Å². The molecule has 0 aliphatic heterocycles. The second-order valence-corrected chi connectivity index (χ2v) is 6.66. The fraction of sp³-hybridized carbons (Fsp3) is 0.538. The largest absolute Gasteiger partial charge is 0.417 e. The van der Waals surface area contributed by atoms with Crippen molar-refractivity contribution in [3.05, 3.63) is 23.9 Å².